The van der Waals surface area contributed by atoms with Crippen LogP contribution in [-0.4, -0.2) is 17.8 Å². The van der Waals surface area contributed by atoms with Crippen LogP contribution in [0.3, 0.4) is 0 Å². The highest BCUT2D eigenvalue weighted by Crippen LogP contribution is 2.17. The second kappa shape index (κ2) is 2.62. The molecule has 1 N–H and O–H groups in total. The Morgan fingerprint density at radius 3 is 2.50 bits per heavy atom. The fraction of sp³-hybridized carbons (Fsp3) is 0.571. The van der Waals surface area contributed by atoms with E-state index in [1.54, 1.807) is 6.92 Å². The van der Waals surface area contributed by atoms with Crippen molar-refractivity contribution >= 4 is 17.5 Å². The van der Waals surface area contributed by atoms with Gasteiger partial charge < -0.3 is 5.32 Å². The lowest BCUT2D eigenvalue weighted by Crippen LogP contribution is -2.17. The minimum atomic E-state index is -0.0288. The van der Waals surface area contributed by atoms with Gasteiger partial charge in [-0.25, -0.2) is 0 Å². The molecule has 0 saturated heterocycles. The quantitative estimate of drug-likeness (QED) is 0.570. The van der Waals surface area contributed by atoms with Gasteiger partial charge in [0.15, 0.2) is 0 Å². The van der Waals surface area contributed by atoms with E-state index in [0.29, 0.717) is 6.54 Å². The number of amides is 1. The molecule has 1 atom stereocenters. The maximum atomic E-state index is 10.9. The first-order valence-electron chi connectivity index (χ1n) is 3.25. The van der Waals surface area contributed by atoms with Crippen LogP contribution in [0.4, 0.5) is 0 Å². The largest absolute Gasteiger partial charge is 0.349 e. The molecule has 0 saturated carbocycles. The van der Waals surface area contributed by atoms with E-state index in [2.05, 4.69) is 5.32 Å². The molecule has 1 aliphatic rings. The molecule has 0 aromatic heterocycles. The SMILES string of the molecule is CC1=C(C(C)Cl)CNC1=O. The van der Waals surface area contributed by atoms with Gasteiger partial charge in [-0.15, -0.1) is 11.6 Å². The molecule has 0 fully saturated rings. The van der Waals surface area contributed by atoms with Crippen LogP contribution in [-0.2, 0) is 4.79 Å². The molecule has 1 unspecified atom stereocenters. The summed E-state index contributed by atoms with van der Waals surface area (Å²) < 4.78 is 0. The minimum absolute atomic E-state index is 0.0162. The predicted molar refractivity (Wildman–Crippen MR) is 41.0 cm³/mol. The molecule has 0 radical (unpaired) electrons. The van der Waals surface area contributed by atoms with E-state index in [0.717, 1.165) is 11.1 Å². The van der Waals surface area contributed by atoms with Crippen LogP contribution in [0.25, 0.3) is 0 Å². The van der Waals surface area contributed by atoms with Gasteiger partial charge in [-0.05, 0) is 19.4 Å². The van der Waals surface area contributed by atoms with Crippen molar-refractivity contribution in [1.29, 1.82) is 0 Å². The van der Waals surface area contributed by atoms with E-state index in [-0.39, 0.29) is 11.3 Å². The summed E-state index contributed by atoms with van der Waals surface area (Å²) in [4.78, 5) is 10.9. The molecular weight excluding hydrogens is 150 g/mol. The summed E-state index contributed by atoms with van der Waals surface area (Å²) in [7, 11) is 0. The van der Waals surface area contributed by atoms with Crippen LogP contribution in [0, 0.1) is 0 Å². The molecule has 1 heterocycles. The van der Waals surface area contributed by atoms with Crippen LogP contribution in [0.1, 0.15) is 13.8 Å². The Morgan fingerprint density at radius 2 is 2.30 bits per heavy atom. The Morgan fingerprint density at radius 1 is 1.70 bits per heavy atom. The lowest BCUT2D eigenvalue weighted by Gasteiger charge is -2.01. The topological polar surface area (TPSA) is 29.1 Å². The van der Waals surface area contributed by atoms with Crippen LogP contribution >= 0.6 is 11.6 Å². The van der Waals surface area contributed by atoms with Gasteiger partial charge in [0.1, 0.15) is 0 Å². The summed E-state index contributed by atoms with van der Waals surface area (Å²) in [5.74, 6) is 0.0162. The first-order valence-corrected chi connectivity index (χ1v) is 3.68. The molecule has 2 nitrogen and oxygen atoms in total. The van der Waals surface area contributed by atoms with E-state index in [1.807, 2.05) is 6.92 Å². The van der Waals surface area contributed by atoms with Crippen molar-refractivity contribution in [1.82, 2.24) is 5.32 Å². The molecular formula is C7H10ClNO. The predicted octanol–water partition coefficient (Wildman–Crippen LogP) is 1.06. The fourth-order valence-corrected chi connectivity index (χ4v) is 1.27. The summed E-state index contributed by atoms with van der Waals surface area (Å²) in [6.45, 7) is 4.30. The molecule has 3 heteroatoms. The molecule has 0 aliphatic carbocycles. The maximum absolute atomic E-state index is 10.9. The summed E-state index contributed by atoms with van der Waals surface area (Å²) in [6, 6.07) is 0. The average Bonchev–Trinajstić information content (AvgIpc) is 2.14. The van der Waals surface area contributed by atoms with Gasteiger partial charge in [0.05, 0.1) is 5.38 Å². The van der Waals surface area contributed by atoms with E-state index in [1.165, 1.54) is 0 Å². The summed E-state index contributed by atoms with van der Waals surface area (Å²) >= 11 is 5.79. The fourth-order valence-electron chi connectivity index (χ4n) is 1.03. The Bertz CT molecular complexity index is 196. The number of rotatable bonds is 1. The van der Waals surface area contributed by atoms with Gasteiger partial charge in [-0.1, -0.05) is 0 Å². The van der Waals surface area contributed by atoms with Gasteiger partial charge in [-0.3, -0.25) is 4.79 Å². The normalized spacial score (nSPS) is 21.3. The highest BCUT2D eigenvalue weighted by Gasteiger charge is 2.20. The number of carbonyl (C=O) groups excluding carboxylic acids is 1. The van der Waals surface area contributed by atoms with E-state index >= 15 is 0 Å². The van der Waals surface area contributed by atoms with E-state index in [9.17, 15) is 4.79 Å². The number of hydrogen-bond acceptors (Lipinski definition) is 1. The second-order valence-electron chi connectivity index (χ2n) is 2.45. The Hall–Kier alpha value is -0.500. The van der Waals surface area contributed by atoms with Gasteiger partial charge in [0.2, 0.25) is 5.91 Å². The molecule has 0 aromatic carbocycles. The first kappa shape index (κ1) is 7.61. The van der Waals surface area contributed by atoms with Crippen LogP contribution < -0.4 is 5.32 Å². The zero-order valence-corrected chi connectivity index (χ0v) is 6.83. The zero-order valence-electron chi connectivity index (χ0n) is 6.07. The van der Waals surface area contributed by atoms with Crippen molar-refractivity contribution in [2.24, 2.45) is 0 Å². The Balaban J connectivity index is 2.85. The second-order valence-corrected chi connectivity index (χ2v) is 3.10. The van der Waals surface area contributed by atoms with Crippen LogP contribution in [0.15, 0.2) is 11.1 Å². The molecule has 10 heavy (non-hydrogen) atoms. The third kappa shape index (κ3) is 1.16. The van der Waals surface area contributed by atoms with Crippen molar-refractivity contribution in [3.05, 3.63) is 11.1 Å². The third-order valence-corrected chi connectivity index (χ3v) is 2.01. The average molecular weight is 160 g/mol. The van der Waals surface area contributed by atoms with Crippen molar-refractivity contribution in [3.63, 3.8) is 0 Å². The zero-order chi connectivity index (χ0) is 7.72. The van der Waals surface area contributed by atoms with E-state index in [4.69, 9.17) is 11.6 Å². The standard InChI is InChI=1S/C7H10ClNO/c1-4-6(5(2)8)3-9-7(4)10/h5H,3H2,1-2H3,(H,9,10). The van der Waals surface area contributed by atoms with Crippen LogP contribution in [0.2, 0.25) is 0 Å². The molecule has 1 rings (SSSR count). The van der Waals surface area contributed by atoms with Gasteiger partial charge in [0.25, 0.3) is 0 Å². The Kier molecular flexibility index (Phi) is 2.00. The maximum Gasteiger partial charge on any atom is 0.247 e. The van der Waals surface area contributed by atoms with Crippen molar-refractivity contribution < 1.29 is 4.79 Å². The van der Waals surface area contributed by atoms with Crippen molar-refractivity contribution in [2.45, 2.75) is 19.2 Å². The number of carbonyl (C=O) groups is 1. The molecule has 0 aromatic rings. The highest BCUT2D eigenvalue weighted by molar-refractivity contribution is 6.23. The van der Waals surface area contributed by atoms with E-state index < -0.39 is 0 Å². The van der Waals surface area contributed by atoms with Gasteiger partial charge in [0, 0.05) is 12.1 Å². The summed E-state index contributed by atoms with van der Waals surface area (Å²) in [5, 5.41) is 2.67. The lowest BCUT2D eigenvalue weighted by molar-refractivity contribution is -0.116. The molecule has 0 spiro atoms. The Labute approximate surface area is 65.2 Å². The number of nitrogens with one attached hydrogen (secondary N) is 1. The molecule has 0 bridgehead atoms. The number of alkyl halides is 1. The molecule has 1 amide bonds. The number of hydrogen-bond donors (Lipinski definition) is 1. The van der Waals surface area contributed by atoms with Crippen molar-refractivity contribution in [2.75, 3.05) is 6.54 Å². The monoisotopic (exact) mass is 159 g/mol. The summed E-state index contributed by atoms with van der Waals surface area (Å²) in [6.07, 6.45) is 0. The van der Waals surface area contributed by atoms with Crippen molar-refractivity contribution in [3.8, 4) is 0 Å². The van der Waals surface area contributed by atoms with Crippen LogP contribution in [0.5, 0.6) is 0 Å². The number of halogens is 1. The van der Waals surface area contributed by atoms with Gasteiger partial charge >= 0.3 is 0 Å². The first-order chi connectivity index (χ1) is 4.63. The highest BCUT2D eigenvalue weighted by atomic mass is 35.5. The molecule has 56 valence electrons. The minimum Gasteiger partial charge on any atom is -0.349 e. The lowest BCUT2D eigenvalue weighted by atomic mass is 10.1. The smallest absolute Gasteiger partial charge is 0.247 e. The summed E-state index contributed by atoms with van der Waals surface area (Å²) in [5.41, 5.74) is 1.80. The molecule has 1 aliphatic heterocycles. The van der Waals surface area contributed by atoms with Gasteiger partial charge in [-0.2, -0.15) is 0 Å². The third-order valence-electron chi connectivity index (χ3n) is 1.74.